The predicted molar refractivity (Wildman–Crippen MR) is 110 cm³/mol. The van der Waals surface area contributed by atoms with E-state index in [0.717, 1.165) is 37.0 Å². The molecule has 0 radical (unpaired) electrons. The van der Waals surface area contributed by atoms with Crippen LogP contribution in [-0.4, -0.2) is 54.1 Å². The summed E-state index contributed by atoms with van der Waals surface area (Å²) in [4.78, 5) is 2.32. The summed E-state index contributed by atoms with van der Waals surface area (Å²) in [5, 5.41) is 27.7. The van der Waals surface area contributed by atoms with Gasteiger partial charge in [-0.1, -0.05) is 26.0 Å². The smallest absolute Gasteiger partial charge is 0.161 e. The van der Waals surface area contributed by atoms with Gasteiger partial charge in [0.2, 0.25) is 0 Å². The zero-order valence-corrected chi connectivity index (χ0v) is 17.7. The van der Waals surface area contributed by atoms with Crippen LogP contribution in [0.25, 0.3) is 0 Å². The number of phenols is 2. The molecule has 1 aliphatic carbocycles. The van der Waals surface area contributed by atoms with Gasteiger partial charge in [0.15, 0.2) is 11.5 Å². The number of likely N-dealkylation sites (N-methyl/N-ethyl adjacent to an activating group) is 1. The normalized spacial score (nSPS) is 24.2. The quantitative estimate of drug-likeness (QED) is 0.683. The summed E-state index contributed by atoms with van der Waals surface area (Å²) < 4.78 is 5.52. The van der Waals surface area contributed by atoms with E-state index in [1.54, 1.807) is 13.2 Å². The van der Waals surface area contributed by atoms with Crippen molar-refractivity contribution in [2.75, 3.05) is 27.8 Å². The number of benzene rings is 1. The Morgan fingerprint density at radius 1 is 1.15 bits per heavy atom. The third kappa shape index (κ3) is 4.14. The lowest BCUT2D eigenvalue weighted by Gasteiger charge is -2.49. The highest BCUT2D eigenvalue weighted by atomic mass is 16.5. The largest absolute Gasteiger partial charge is 0.504 e. The van der Waals surface area contributed by atoms with E-state index < -0.39 is 0 Å². The molecule has 2 unspecified atom stereocenters. The number of hydrogen-bond donors (Lipinski definition) is 3. The van der Waals surface area contributed by atoms with E-state index in [4.69, 9.17) is 9.84 Å². The minimum atomic E-state index is -0.321. The van der Waals surface area contributed by atoms with E-state index in [1.807, 2.05) is 32.9 Å². The van der Waals surface area contributed by atoms with Gasteiger partial charge in [-0.2, -0.15) is 0 Å². The number of aliphatic hydroxyl groups is 1. The first kappa shape index (κ1) is 23.1. The van der Waals surface area contributed by atoms with Crippen LogP contribution in [-0.2, 0) is 10.2 Å². The monoisotopic (exact) mass is 377 g/mol. The van der Waals surface area contributed by atoms with Gasteiger partial charge < -0.3 is 20.1 Å². The van der Waals surface area contributed by atoms with Crippen molar-refractivity contribution in [1.29, 1.82) is 0 Å². The number of likely N-dealkylation sites (tertiary alicyclic amines) is 1. The molecule has 0 bridgehead atoms. The highest BCUT2D eigenvalue weighted by Gasteiger charge is 2.47. The van der Waals surface area contributed by atoms with Crippen LogP contribution in [0.4, 0.5) is 0 Å². The fourth-order valence-corrected chi connectivity index (χ4v) is 4.15. The van der Waals surface area contributed by atoms with E-state index in [9.17, 15) is 10.2 Å². The van der Waals surface area contributed by atoms with Crippen molar-refractivity contribution in [3.63, 3.8) is 0 Å². The summed E-state index contributed by atoms with van der Waals surface area (Å²) in [6, 6.07) is 3.71. The summed E-state index contributed by atoms with van der Waals surface area (Å²) in [7, 11) is 4.81. The van der Waals surface area contributed by atoms with Crippen molar-refractivity contribution < 1.29 is 20.1 Å². The van der Waals surface area contributed by atoms with E-state index in [-0.39, 0.29) is 23.0 Å². The summed E-state index contributed by atoms with van der Waals surface area (Å²) in [6.07, 6.45) is 5.76. The molecular weight excluding hydrogens is 342 g/mol. The number of aryl methyl sites for hydroxylation is 1. The fraction of sp³-hybridized carbons (Fsp3) is 0.545. The number of hydrogen-bond acceptors (Lipinski definition) is 5. The van der Waals surface area contributed by atoms with Gasteiger partial charge >= 0.3 is 0 Å². The van der Waals surface area contributed by atoms with Gasteiger partial charge in [0.25, 0.3) is 0 Å². The Kier molecular flexibility index (Phi) is 8.38. The van der Waals surface area contributed by atoms with Crippen molar-refractivity contribution in [2.45, 2.75) is 52.0 Å². The summed E-state index contributed by atoms with van der Waals surface area (Å²) in [6.45, 7) is 9.12. The number of piperidine rings is 1. The molecule has 1 heterocycles. The Balaban J connectivity index is 0.000000855. The van der Waals surface area contributed by atoms with Crippen LogP contribution in [0, 0.1) is 6.92 Å². The van der Waals surface area contributed by atoms with Gasteiger partial charge in [-0.15, -0.1) is 0 Å². The average Bonchev–Trinajstić information content (AvgIpc) is 2.71. The highest BCUT2D eigenvalue weighted by Crippen LogP contribution is 2.53. The van der Waals surface area contributed by atoms with Crippen molar-refractivity contribution in [2.24, 2.45) is 0 Å². The van der Waals surface area contributed by atoms with Crippen LogP contribution in [0.2, 0.25) is 0 Å². The molecule has 1 saturated heterocycles. The average molecular weight is 378 g/mol. The number of allylic oxidation sites excluding steroid dienone is 3. The molecule has 0 amide bonds. The molecule has 152 valence electrons. The zero-order chi connectivity index (χ0) is 20.8. The number of rotatable bonds is 2. The van der Waals surface area contributed by atoms with Crippen LogP contribution >= 0.6 is 0 Å². The van der Waals surface area contributed by atoms with Gasteiger partial charge in [-0.25, -0.2) is 0 Å². The maximum Gasteiger partial charge on any atom is 0.161 e. The van der Waals surface area contributed by atoms with Crippen LogP contribution in [0.1, 0.15) is 44.7 Å². The molecule has 27 heavy (non-hydrogen) atoms. The molecule has 1 fully saturated rings. The maximum absolute atomic E-state index is 10.6. The third-order valence-corrected chi connectivity index (χ3v) is 5.59. The van der Waals surface area contributed by atoms with Gasteiger partial charge in [-0.3, -0.25) is 4.90 Å². The van der Waals surface area contributed by atoms with Crippen molar-refractivity contribution in [1.82, 2.24) is 4.90 Å². The molecule has 0 spiro atoms. The first-order chi connectivity index (χ1) is 12.9. The molecule has 1 aromatic rings. The van der Waals surface area contributed by atoms with E-state index in [1.165, 1.54) is 5.57 Å². The molecular formula is C22H35NO4. The second-order valence-corrected chi connectivity index (χ2v) is 6.75. The van der Waals surface area contributed by atoms with Gasteiger partial charge in [0.1, 0.15) is 0 Å². The van der Waals surface area contributed by atoms with Crippen LogP contribution in [0.5, 0.6) is 11.5 Å². The van der Waals surface area contributed by atoms with Crippen molar-refractivity contribution >= 4 is 0 Å². The number of nitrogens with zero attached hydrogens (tertiary/aromatic N) is 1. The molecule has 3 rings (SSSR count). The third-order valence-electron chi connectivity index (χ3n) is 5.59. The fourth-order valence-electron chi connectivity index (χ4n) is 4.15. The standard InChI is InChI=1S/C19H25NO3.C2H6.CH4O/c1-12-5-8-16(21)18(22)17(12)19-9-10-20(3)13(2)15(19)7-6-14(11-19)23-4;2*1-2/h5-8,13,21-22H,9-11H2,1-4H3;1-2H3;2H,1H3. The second kappa shape index (κ2) is 9.81. The van der Waals surface area contributed by atoms with E-state index >= 15 is 0 Å². The predicted octanol–water partition coefficient (Wildman–Crippen LogP) is 3.86. The van der Waals surface area contributed by atoms with Gasteiger partial charge in [-0.05, 0) is 57.1 Å². The van der Waals surface area contributed by atoms with Crippen LogP contribution in [0.3, 0.4) is 0 Å². The summed E-state index contributed by atoms with van der Waals surface area (Å²) in [5.74, 6) is 0.858. The highest BCUT2D eigenvalue weighted by molar-refractivity contribution is 5.58. The topological polar surface area (TPSA) is 73.2 Å². The van der Waals surface area contributed by atoms with Gasteiger partial charge in [0, 0.05) is 30.6 Å². The number of aromatic hydroxyl groups is 2. The number of aliphatic hydroxyl groups excluding tert-OH is 1. The minimum absolute atomic E-state index is 0.00464. The molecule has 0 aromatic heterocycles. The molecule has 2 aliphatic rings. The summed E-state index contributed by atoms with van der Waals surface area (Å²) >= 11 is 0. The van der Waals surface area contributed by atoms with Crippen molar-refractivity contribution in [3.05, 3.63) is 46.7 Å². The first-order valence-electron chi connectivity index (χ1n) is 9.53. The van der Waals surface area contributed by atoms with Crippen LogP contribution in [0.15, 0.2) is 35.6 Å². The number of fused-ring (bicyclic) bond motifs is 1. The summed E-state index contributed by atoms with van der Waals surface area (Å²) in [5.41, 5.74) is 2.79. The molecule has 5 nitrogen and oxygen atoms in total. The van der Waals surface area contributed by atoms with E-state index in [2.05, 4.69) is 24.9 Å². The first-order valence-corrected chi connectivity index (χ1v) is 9.53. The molecule has 1 aromatic carbocycles. The Bertz CT molecular complexity index is 696. The van der Waals surface area contributed by atoms with Gasteiger partial charge in [0.05, 0.1) is 12.9 Å². The SMILES string of the molecule is CC.CO.COC1=CC=C2C(C)N(C)CCC2(c2c(C)ccc(O)c2O)C1. The van der Waals surface area contributed by atoms with E-state index in [0.29, 0.717) is 6.42 Å². The lowest BCUT2D eigenvalue weighted by Crippen LogP contribution is -2.49. The minimum Gasteiger partial charge on any atom is -0.504 e. The lowest BCUT2D eigenvalue weighted by atomic mass is 9.62. The maximum atomic E-state index is 10.6. The molecule has 0 saturated carbocycles. The number of methoxy groups -OCH3 is 1. The molecule has 2 atom stereocenters. The molecule has 5 heteroatoms. The lowest BCUT2D eigenvalue weighted by molar-refractivity contribution is 0.167. The Hall–Kier alpha value is -1.98. The Labute approximate surface area is 163 Å². The second-order valence-electron chi connectivity index (χ2n) is 6.75. The number of phenolic OH excluding ortho intramolecular Hbond substituents is 2. The van der Waals surface area contributed by atoms with Crippen molar-refractivity contribution in [3.8, 4) is 11.5 Å². The Morgan fingerprint density at radius 2 is 1.78 bits per heavy atom. The van der Waals surface area contributed by atoms with Crippen LogP contribution < -0.4 is 0 Å². The molecule has 3 N–H and O–H groups in total. The Morgan fingerprint density at radius 3 is 2.37 bits per heavy atom. The molecule has 1 aliphatic heterocycles. The zero-order valence-electron chi connectivity index (χ0n) is 17.7. The number of ether oxygens (including phenoxy) is 1.